The number of alkyl carbamates (subject to hydrolysis) is 1. The fraction of sp³-hybridized carbons (Fsp3) is 0.349. The molecule has 13 heteroatoms. The van der Waals surface area contributed by atoms with Crippen LogP contribution in [0, 0.1) is 5.92 Å². The van der Waals surface area contributed by atoms with Crippen LogP contribution in [0.5, 0.6) is 0 Å². The number of aliphatic hydroxyl groups excluding tert-OH is 1. The first-order valence-electron chi connectivity index (χ1n) is 19.1. The molecule has 1 aromatic heterocycles. The number of imide groups is 1. The minimum Gasteiger partial charge on any atom is -0.445 e. The summed E-state index contributed by atoms with van der Waals surface area (Å²) in [7, 11) is 0. The average molecular weight is 760 g/mol. The third kappa shape index (κ3) is 7.76. The van der Waals surface area contributed by atoms with Crippen molar-refractivity contribution in [2.45, 2.75) is 70.0 Å². The van der Waals surface area contributed by atoms with Gasteiger partial charge in [0.1, 0.15) is 12.6 Å². The molecule has 3 aliphatic rings. The van der Waals surface area contributed by atoms with Crippen LogP contribution in [0.25, 0.3) is 11.0 Å². The van der Waals surface area contributed by atoms with E-state index in [0.717, 1.165) is 64.1 Å². The molecule has 0 aliphatic carbocycles. The summed E-state index contributed by atoms with van der Waals surface area (Å²) in [6.07, 6.45) is -0.564. The summed E-state index contributed by atoms with van der Waals surface area (Å²) in [5.74, 6) is -0.994. The fourth-order valence-corrected chi connectivity index (χ4v) is 8.08. The van der Waals surface area contributed by atoms with Crippen LogP contribution in [0.3, 0.4) is 0 Å². The number of aromatic amines is 1. The zero-order chi connectivity index (χ0) is 38.8. The van der Waals surface area contributed by atoms with Gasteiger partial charge in [-0.05, 0) is 53.8 Å². The van der Waals surface area contributed by atoms with E-state index in [2.05, 4.69) is 22.1 Å². The number of amides is 3. The lowest BCUT2D eigenvalue weighted by Gasteiger charge is -2.44. The molecule has 3 N–H and O–H groups in total. The van der Waals surface area contributed by atoms with E-state index in [9.17, 15) is 24.3 Å². The van der Waals surface area contributed by atoms with Crippen LogP contribution in [0.4, 0.5) is 10.5 Å². The molecule has 3 amide bonds. The van der Waals surface area contributed by atoms with E-state index in [1.54, 1.807) is 24.3 Å². The predicted molar refractivity (Wildman–Crippen MR) is 207 cm³/mol. The number of ether oxygens (including phenoxy) is 3. The van der Waals surface area contributed by atoms with Gasteiger partial charge in [0.15, 0.2) is 6.29 Å². The lowest BCUT2D eigenvalue weighted by atomic mass is 9.89. The third-order valence-corrected chi connectivity index (χ3v) is 11.2. The molecule has 3 saturated heterocycles. The summed E-state index contributed by atoms with van der Waals surface area (Å²) in [4.78, 5) is 58.2. The van der Waals surface area contributed by atoms with Crippen molar-refractivity contribution in [3.05, 3.63) is 136 Å². The van der Waals surface area contributed by atoms with Crippen molar-refractivity contribution in [3.8, 4) is 0 Å². The van der Waals surface area contributed by atoms with Crippen LogP contribution in [0.2, 0.25) is 0 Å². The topological polar surface area (TPSA) is 155 Å². The number of piperidine rings is 1. The van der Waals surface area contributed by atoms with Gasteiger partial charge in [-0.25, -0.2) is 14.5 Å². The maximum Gasteiger partial charge on any atom is 0.408 e. The normalized spacial score (nSPS) is 23.5. The van der Waals surface area contributed by atoms with E-state index in [1.165, 1.54) is 0 Å². The molecule has 56 heavy (non-hydrogen) atoms. The highest BCUT2D eigenvalue weighted by atomic mass is 16.7. The van der Waals surface area contributed by atoms with Gasteiger partial charge in [-0.3, -0.25) is 14.2 Å². The van der Waals surface area contributed by atoms with Crippen molar-refractivity contribution in [1.82, 2.24) is 19.8 Å². The molecule has 13 nitrogen and oxygen atoms in total. The molecular formula is C43H45N5O8. The summed E-state index contributed by atoms with van der Waals surface area (Å²) < 4.78 is 20.5. The second kappa shape index (κ2) is 16.2. The van der Waals surface area contributed by atoms with E-state index in [1.807, 2.05) is 83.4 Å². The van der Waals surface area contributed by atoms with E-state index in [4.69, 9.17) is 14.2 Å². The average Bonchev–Trinajstić information content (AvgIpc) is 3.71. The number of nitrogens with one attached hydrogen (secondary N) is 2. The molecule has 5 unspecified atom stereocenters. The van der Waals surface area contributed by atoms with Crippen molar-refractivity contribution < 1.29 is 33.7 Å². The number of aromatic nitrogens is 2. The fourth-order valence-electron chi connectivity index (χ4n) is 8.08. The summed E-state index contributed by atoms with van der Waals surface area (Å²) in [6.45, 7) is 4.38. The molecular weight excluding hydrogens is 715 g/mol. The van der Waals surface area contributed by atoms with Gasteiger partial charge in [-0.2, -0.15) is 0 Å². The van der Waals surface area contributed by atoms with Gasteiger partial charge in [-0.1, -0.05) is 85.8 Å². The number of fused-ring (bicyclic) bond motifs is 1. The van der Waals surface area contributed by atoms with Gasteiger partial charge in [-0.15, -0.1) is 0 Å². The van der Waals surface area contributed by atoms with Crippen molar-refractivity contribution in [3.63, 3.8) is 0 Å². The Balaban J connectivity index is 0.948. The predicted octanol–water partition coefficient (Wildman–Crippen LogP) is 5.51. The SMILES string of the molecule is CC1C(CN2CCC(n3c(=O)[nH]c4ccccc43)CC2)OC(c2ccc(N3C(=O)CC(NC(=O)OCc4ccccc4)C3=O)cc2)OC1c1ccc(CO)cc1. The van der Waals surface area contributed by atoms with Gasteiger partial charge in [0.2, 0.25) is 5.91 Å². The van der Waals surface area contributed by atoms with Crippen LogP contribution in [-0.4, -0.2) is 69.2 Å². The number of hydrogen-bond donors (Lipinski definition) is 3. The third-order valence-electron chi connectivity index (χ3n) is 11.2. The number of benzene rings is 4. The molecule has 5 aromatic rings. The van der Waals surface area contributed by atoms with Gasteiger partial charge < -0.3 is 34.5 Å². The first-order chi connectivity index (χ1) is 27.2. The Morgan fingerprint density at radius 1 is 0.857 bits per heavy atom. The molecule has 0 saturated carbocycles. The first kappa shape index (κ1) is 37.3. The number of para-hydroxylation sites is 2. The van der Waals surface area contributed by atoms with Gasteiger partial charge in [0.25, 0.3) is 5.91 Å². The molecule has 5 atom stereocenters. The van der Waals surface area contributed by atoms with Gasteiger partial charge in [0.05, 0.1) is 42.0 Å². The quantitative estimate of drug-likeness (QED) is 0.157. The molecule has 4 heterocycles. The number of imidazole rings is 1. The number of hydrogen-bond acceptors (Lipinski definition) is 9. The van der Waals surface area contributed by atoms with E-state index in [0.29, 0.717) is 12.2 Å². The van der Waals surface area contributed by atoms with Crippen LogP contribution in [0.1, 0.15) is 66.9 Å². The Bertz CT molecular complexity index is 2230. The zero-order valence-corrected chi connectivity index (χ0v) is 31.1. The Kier molecular flexibility index (Phi) is 10.8. The molecule has 290 valence electrons. The highest BCUT2D eigenvalue weighted by Gasteiger charge is 2.42. The van der Waals surface area contributed by atoms with Crippen molar-refractivity contribution in [1.29, 1.82) is 0 Å². The Morgan fingerprint density at radius 3 is 2.29 bits per heavy atom. The van der Waals surface area contributed by atoms with Crippen LogP contribution >= 0.6 is 0 Å². The Labute approximate surface area is 323 Å². The van der Waals surface area contributed by atoms with E-state index < -0.39 is 30.2 Å². The molecule has 8 rings (SSSR count). The van der Waals surface area contributed by atoms with Crippen molar-refractivity contribution in [2.75, 3.05) is 24.5 Å². The van der Waals surface area contributed by atoms with Crippen LogP contribution in [0.15, 0.2) is 108 Å². The van der Waals surface area contributed by atoms with Crippen LogP contribution < -0.4 is 15.9 Å². The lowest BCUT2D eigenvalue weighted by molar-refractivity contribution is -0.276. The monoisotopic (exact) mass is 759 g/mol. The maximum absolute atomic E-state index is 13.3. The Hall–Kier alpha value is -5.60. The molecule has 3 aliphatic heterocycles. The number of likely N-dealkylation sites (tertiary alicyclic amines) is 1. The summed E-state index contributed by atoms with van der Waals surface area (Å²) >= 11 is 0. The number of rotatable bonds is 10. The van der Waals surface area contributed by atoms with Crippen molar-refractivity contribution in [2.24, 2.45) is 5.92 Å². The van der Waals surface area contributed by atoms with Gasteiger partial charge in [0, 0.05) is 37.2 Å². The molecule has 0 spiro atoms. The standard InChI is InChI=1S/C43H45N5O8/c1-27-37(24-46-21-19-33(20-22-46)47-36-10-6-5-9-34(36)44-42(47)52)55-41(56-39(27)30-13-11-28(25-49)12-14-30)31-15-17-32(18-16-31)48-38(50)23-35(40(48)51)45-43(53)54-26-29-7-3-2-4-8-29/h2-18,27,33,35,37,39,41,49H,19-26H2,1H3,(H,44,52)(H,45,53). The van der Waals surface area contributed by atoms with Gasteiger partial charge >= 0.3 is 11.8 Å². The lowest BCUT2D eigenvalue weighted by Crippen LogP contribution is -2.47. The minimum absolute atomic E-state index is 0.0249. The van der Waals surface area contributed by atoms with E-state index >= 15 is 0 Å². The molecule has 0 radical (unpaired) electrons. The Morgan fingerprint density at radius 2 is 1.55 bits per heavy atom. The summed E-state index contributed by atoms with van der Waals surface area (Å²) in [5, 5.41) is 12.2. The summed E-state index contributed by atoms with van der Waals surface area (Å²) in [6, 6.07) is 30.7. The van der Waals surface area contributed by atoms with Crippen LogP contribution in [-0.2, 0) is 37.0 Å². The molecule has 0 bridgehead atoms. The number of carbonyl (C=O) groups excluding carboxylic acids is 3. The largest absolute Gasteiger partial charge is 0.445 e. The maximum atomic E-state index is 13.3. The van der Waals surface area contributed by atoms with Crippen molar-refractivity contribution >= 4 is 34.6 Å². The first-order valence-corrected chi connectivity index (χ1v) is 19.1. The zero-order valence-electron chi connectivity index (χ0n) is 31.1. The second-order valence-electron chi connectivity index (χ2n) is 14.8. The number of nitrogens with zero attached hydrogens (tertiary/aromatic N) is 3. The molecule has 3 fully saturated rings. The minimum atomic E-state index is -1.04. The number of anilines is 1. The highest BCUT2D eigenvalue weighted by Crippen LogP contribution is 2.42. The second-order valence-corrected chi connectivity index (χ2v) is 14.8. The number of carbonyl (C=O) groups is 3. The highest BCUT2D eigenvalue weighted by molar-refractivity contribution is 6.22. The molecule has 4 aromatic carbocycles. The smallest absolute Gasteiger partial charge is 0.408 e. The van der Waals surface area contributed by atoms with E-state index in [-0.39, 0.29) is 49.5 Å². The number of aliphatic hydroxyl groups is 1. The summed E-state index contributed by atoms with van der Waals surface area (Å²) in [5.41, 5.74) is 5.37. The number of H-pyrrole nitrogens is 1.